The average Bonchev–Trinajstić information content (AvgIpc) is 3.33. The van der Waals surface area contributed by atoms with Crippen molar-refractivity contribution < 1.29 is 4.79 Å². The Morgan fingerprint density at radius 2 is 1.88 bits per heavy atom. The minimum absolute atomic E-state index is 0.121. The number of para-hydroxylation sites is 1. The molecule has 0 saturated carbocycles. The lowest BCUT2D eigenvalue weighted by atomic mass is 9.90. The summed E-state index contributed by atoms with van der Waals surface area (Å²) in [5, 5.41) is 1.08. The number of fused-ring (bicyclic) bond motifs is 2. The number of amides is 1. The van der Waals surface area contributed by atoms with Crippen LogP contribution >= 0.6 is 11.3 Å². The number of carbonyl (C=O) groups is 1. The molecule has 0 spiro atoms. The highest BCUT2D eigenvalue weighted by molar-refractivity contribution is 7.18. The quantitative estimate of drug-likeness (QED) is 0.631. The summed E-state index contributed by atoms with van der Waals surface area (Å²) >= 11 is 1.73. The van der Waals surface area contributed by atoms with Gasteiger partial charge in [0, 0.05) is 12.1 Å². The van der Waals surface area contributed by atoms with E-state index in [0.29, 0.717) is 0 Å². The van der Waals surface area contributed by atoms with Crippen LogP contribution in [-0.2, 0) is 12.8 Å². The molecule has 1 aromatic heterocycles. The summed E-state index contributed by atoms with van der Waals surface area (Å²) in [6.45, 7) is 0.830. The minimum Gasteiger partial charge on any atom is -0.329 e. The number of aryl methyl sites for hydroxylation is 2. The first kappa shape index (κ1) is 16.0. The second-order valence-electron chi connectivity index (χ2n) is 7.37. The molecule has 132 valence electrons. The van der Waals surface area contributed by atoms with Gasteiger partial charge in [0.25, 0.3) is 5.91 Å². The third-order valence-corrected chi connectivity index (χ3v) is 6.84. The number of aromatic nitrogens is 1. The van der Waals surface area contributed by atoms with E-state index in [1.165, 1.54) is 28.7 Å². The first-order chi connectivity index (χ1) is 12.8. The van der Waals surface area contributed by atoms with Gasteiger partial charge in [-0.3, -0.25) is 4.79 Å². The lowest BCUT2D eigenvalue weighted by Gasteiger charge is -2.24. The molecule has 26 heavy (non-hydrogen) atoms. The molecule has 5 rings (SSSR count). The Morgan fingerprint density at radius 3 is 2.77 bits per heavy atom. The fourth-order valence-electron chi connectivity index (χ4n) is 4.33. The van der Waals surface area contributed by atoms with Gasteiger partial charge in [0.15, 0.2) is 0 Å². The normalized spacial score (nSPS) is 19.7. The van der Waals surface area contributed by atoms with Gasteiger partial charge in [-0.15, -0.1) is 11.3 Å². The standard InChI is InChI=1S/C22H22N2OS/c25-22(17-12-11-15-6-1-2-7-16(15)14-17)24-13-5-9-19(24)21-23-18-8-3-4-10-20(18)26-21/h3-4,8,10-12,14,19H,1-2,5-7,9,13H2. The van der Waals surface area contributed by atoms with E-state index in [4.69, 9.17) is 4.98 Å². The van der Waals surface area contributed by atoms with Crippen molar-refractivity contribution in [2.75, 3.05) is 6.54 Å². The highest BCUT2D eigenvalue weighted by Gasteiger charge is 2.33. The van der Waals surface area contributed by atoms with E-state index in [1.807, 2.05) is 17.0 Å². The number of benzene rings is 2. The van der Waals surface area contributed by atoms with Gasteiger partial charge in [0.1, 0.15) is 5.01 Å². The van der Waals surface area contributed by atoms with Crippen molar-refractivity contribution in [3.8, 4) is 0 Å². The van der Waals surface area contributed by atoms with Gasteiger partial charge in [-0.1, -0.05) is 18.2 Å². The van der Waals surface area contributed by atoms with Crippen LogP contribution in [0.2, 0.25) is 0 Å². The molecule has 0 radical (unpaired) electrons. The van der Waals surface area contributed by atoms with Crippen LogP contribution < -0.4 is 0 Å². The summed E-state index contributed by atoms with van der Waals surface area (Å²) in [6.07, 6.45) is 6.84. The van der Waals surface area contributed by atoms with Crippen LogP contribution in [-0.4, -0.2) is 22.3 Å². The maximum absolute atomic E-state index is 13.2. The molecule has 0 bridgehead atoms. The van der Waals surface area contributed by atoms with Gasteiger partial charge < -0.3 is 4.90 Å². The van der Waals surface area contributed by atoms with Crippen molar-refractivity contribution in [1.82, 2.24) is 9.88 Å². The second kappa shape index (κ2) is 6.51. The first-order valence-corrected chi connectivity index (χ1v) is 10.4. The van der Waals surface area contributed by atoms with Crippen LogP contribution in [0.3, 0.4) is 0 Å². The summed E-state index contributed by atoms with van der Waals surface area (Å²) in [5.74, 6) is 0.167. The molecule has 1 atom stereocenters. The third kappa shape index (κ3) is 2.73. The zero-order chi connectivity index (χ0) is 17.5. The molecule has 1 fully saturated rings. The fraction of sp³-hybridized carbons (Fsp3) is 0.364. The molecule has 3 aromatic rings. The maximum atomic E-state index is 13.2. The molecule has 3 nitrogen and oxygen atoms in total. The molecule has 1 unspecified atom stereocenters. The average molecular weight is 362 g/mol. The molecular weight excluding hydrogens is 340 g/mol. The Kier molecular flexibility index (Phi) is 4.01. The van der Waals surface area contributed by atoms with Crippen LogP contribution in [0.15, 0.2) is 42.5 Å². The van der Waals surface area contributed by atoms with Gasteiger partial charge in [-0.25, -0.2) is 4.98 Å². The van der Waals surface area contributed by atoms with Crippen LogP contribution in [0.1, 0.15) is 58.2 Å². The highest BCUT2D eigenvalue weighted by atomic mass is 32.1. The summed E-state index contributed by atoms with van der Waals surface area (Å²) in [6, 6.07) is 14.7. The second-order valence-corrected chi connectivity index (χ2v) is 8.43. The third-order valence-electron chi connectivity index (χ3n) is 5.70. The highest BCUT2D eigenvalue weighted by Crippen LogP contribution is 2.37. The molecule has 0 N–H and O–H groups in total. The maximum Gasteiger partial charge on any atom is 0.254 e. The molecule has 1 aliphatic heterocycles. The Labute approximate surface area is 157 Å². The van der Waals surface area contributed by atoms with E-state index >= 15 is 0 Å². The zero-order valence-corrected chi connectivity index (χ0v) is 15.6. The Balaban J connectivity index is 1.45. The number of likely N-dealkylation sites (tertiary alicyclic amines) is 1. The van der Waals surface area contributed by atoms with Gasteiger partial charge >= 0.3 is 0 Å². The van der Waals surface area contributed by atoms with Crippen molar-refractivity contribution in [1.29, 1.82) is 0 Å². The van der Waals surface area contributed by atoms with E-state index in [1.54, 1.807) is 11.3 Å². The number of carbonyl (C=O) groups excluding carboxylic acids is 1. The molecule has 1 amide bonds. The monoisotopic (exact) mass is 362 g/mol. The van der Waals surface area contributed by atoms with Gasteiger partial charge in [-0.05, 0) is 73.9 Å². The number of rotatable bonds is 2. The smallest absolute Gasteiger partial charge is 0.254 e. The Hall–Kier alpha value is -2.20. The van der Waals surface area contributed by atoms with E-state index < -0.39 is 0 Å². The van der Waals surface area contributed by atoms with Crippen molar-refractivity contribution in [2.24, 2.45) is 0 Å². The molecule has 2 heterocycles. The van der Waals surface area contributed by atoms with E-state index in [-0.39, 0.29) is 11.9 Å². The lowest BCUT2D eigenvalue weighted by molar-refractivity contribution is 0.0735. The molecule has 2 aliphatic rings. The number of hydrogen-bond acceptors (Lipinski definition) is 3. The SMILES string of the molecule is O=C(c1ccc2c(c1)CCCC2)N1CCCC1c1nc2ccccc2s1. The molecule has 4 heteroatoms. The topological polar surface area (TPSA) is 33.2 Å². The zero-order valence-electron chi connectivity index (χ0n) is 14.8. The largest absolute Gasteiger partial charge is 0.329 e. The Morgan fingerprint density at radius 1 is 1.04 bits per heavy atom. The molecular formula is C22H22N2OS. The van der Waals surface area contributed by atoms with Crippen molar-refractivity contribution in [3.05, 3.63) is 64.2 Å². The Bertz CT molecular complexity index is 944. The van der Waals surface area contributed by atoms with Crippen LogP contribution in [0, 0.1) is 0 Å². The van der Waals surface area contributed by atoms with Crippen molar-refractivity contribution in [2.45, 2.75) is 44.6 Å². The number of nitrogens with zero attached hydrogens (tertiary/aromatic N) is 2. The first-order valence-electron chi connectivity index (χ1n) is 9.58. The predicted octanol–water partition coefficient (Wildman–Crippen LogP) is 5.15. The van der Waals surface area contributed by atoms with E-state index in [2.05, 4.69) is 30.3 Å². The summed E-state index contributed by atoms with van der Waals surface area (Å²) < 4.78 is 1.20. The van der Waals surface area contributed by atoms with Gasteiger partial charge in [0.2, 0.25) is 0 Å². The predicted molar refractivity (Wildman–Crippen MR) is 106 cm³/mol. The molecule has 1 saturated heterocycles. The molecule has 2 aromatic carbocycles. The van der Waals surface area contributed by atoms with E-state index in [9.17, 15) is 4.79 Å². The van der Waals surface area contributed by atoms with E-state index in [0.717, 1.165) is 48.3 Å². The van der Waals surface area contributed by atoms with Crippen LogP contribution in [0.4, 0.5) is 0 Å². The summed E-state index contributed by atoms with van der Waals surface area (Å²) in [7, 11) is 0. The van der Waals surface area contributed by atoms with Crippen LogP contribution in [0.5, 0.6) is 0 Å². The fourth-order valence-corrected chi connectivity index (χ4v) is 5.45. The van der Waals surface area contributed by atoms with Crippen LogP contribution in [0.25, 0.3) is 10.2 Å². The molecule has 1 aliphatic carbocycles. The minimum atomic E-state index is 0.121. The van der Waals surface area contributed by atoms with Gasteiger partial charge in [0.05, 0.1) is 16.3 Å². The van der Waals surface area contributed by atoms with Crippen molar-refractivity contribution in [3.63, 3.8) is 0 Å². The summed E-state index contributed by atoms with van der Waals surface area (Å²) in [5.41, 5.74) is 4.69. The number of hydrogen-bond donors (Lipinski definition) is 0. The van der Waals surface area contributed by atoms with Gasteiger partial charge in [-0.2, -0.15) is 0 Å². The summed E-state index contributed by atoms with van der Waals surface area (Å²) in [4.78, 5) is 20.1. The number of thiazole rings is 1. The lowest BCUT2D eigenvalue weighted by Crippen LogP contribution is -2.30. The van der Waals surface area contributed by atoms with Crippen molar-refractivity contribution >= 4 is 27.5 Å².